The SMILES string of the molecule is Nc1ccc2c(O)ccc(S(=O)(=O)O)c2c1. The predicted octanol–water partition coefficient (Wildman–Crippen LogP) is 1.37. The van der Waals surface area contributed by atoms with Crippen molar-refractivity contribution in [3.63, 3.8) is 0 Å². The Balaban J connectivity index is 2.98. The largest absolute Gasteiger partial charge is 0.507 e. The zero-order chi connectivity index (χ0) is 11.9. The van der Waals surface area contributed by atoms with Gasteiger partial charge in [-0.15, -0.1) is 0 Å². The van der Waals surface area contributed by atoms with E-state index in [1.54, 1.807) is 0 Å². The molecule has 0 atom stereocenters. The van der Waals surface area contributed by atoms with E-state index in [1.807, 2.05) is 0 Å². The first kappa shape index (κ1) is 10.7. The number of phenolic OH excluding ortho intramolecular Hbond substituents is 1. The highest BCUT2D eigenvalue weighted by atomic mass is 32.2. The van der Waals surface area contributed by atoms with Crippen molar-refractivity contribution in [1.29, 1.82) is 0 Å². The first-order chi connectivity index (χ1) is 7.39. The number of nitrogens with two attached hydrogens (primary N) is 1. The van der Waals surface area contributed by atoms with Gasteiger partial charge in [-0.05, 0) is 30.3 Å². The van der Waals surface area contributed by atoms with E-state index >= 15 is 0 Å². The van der Waals surface area contributed by atoms with E-state index in [-0.39, 0.29) is 16.0 Å². The van der Waals surface area contributed by atoms with Crippen molar-refractivity contribution in [2.45, 2.75) is 4.90 Å². The van der Waals surface area contributed by atoms with E-state index in [0.717, 1.165) is 6.07 Å². The maximum absolute atomic E-state index is 11.1. The molecule has 0 heterocycles. The smallest absolute Gasteiger partial charge is 0.295 e. The van der Waals surface area contributed by atoms with Crippen molar-refractivity contribution in [3.05, 3.63) is 30.3 Å². The van der Waals surface area contributed by atoms with Gasteiger partial charge in [0.2, 0.25) is 0 Å². The molecule has 0 saturated carbocycles. The molecule has 0 aliphatic heterocycles. The second kappa shape index (κ2) is 3.36. The molecule has 0 aliphatic rings. The monoisotopic (exact) mass is 239 g/mol. The van der Waals surface area contributed by atoms with Crippen LogP contribution in [0.25, 0.3) is 10.8 Å². The van der Waals surface area contributed by atoms with Gasteiger partial charge in [-0.1, -0.05) is 0 Å². The lowest BCUT2D eigenvalue weighted by Crippen LogP contribution is -1.99. The van der Waals surface area contributed by atoms with Gasteiger partial charge < -0.3 is 10.8 Å². The molecule has 0 amide bonds. The van der Waals surface area contributed by atoms with Crippen LogP contribution < -0.4 is 5.73 Å². The van der Waals surface area contributed by atoms with Crippen molar-refractivity contribution in [2.24, 2.45) is 0 Å². The Labute approximate surface area is 91.9 Å². The number of hydrogen-bond donors (Lipinski definition) is 3. The zero-order valence-corrected chi connectivity index (χ0v) is 8.90. The summed E-state index contributed by atoms with van der Waals surface area (Å²) in [4.78, 5) is -0.271. The summed E-state index contributed by atoms with van der Waals surface area (Å²) < 4.78 is 31.2. The molecule has 0 spiro atoms. The highest BCUT2D eigenvalue weighted by Gasteiger charge is 2.15. The summed E-state index contributed by atoms with van der Waals surface area (Å²) in [6.45, 7) is 0. The molecular formula is C10H9NO4S. The molecule has 2 aromatic carbocycles. The van der Waals surface area contributed by atoms with Crippen molar-refractivity contribution in [1.82, 2.24) is 0 Å². The highest BCUT2D eigenvalue weighted by molar-refractivity contribution is 7.86. The van der Waals surface area contributed by atoms with Crippen LogP contribution in [0.5, 0.6) is 5.75 Å². The van der Waals surface area contributed by atoms with Gasteiger partial charge in [0.05, 0.1) is 0 Å². The van der Waals surface area contributed by atoms with Crippen LogP contribution in [0.4, 0.5) is 5.69 Å². The molecule has 16 heavy (non-hydrogen) atoms. The zero-order valence-electron chi connectivity index (χ0n) is 8.08. The van der Waals surface area contributed by atoms with E-state index in [0.29, 0.717) is 11.1 Å². The Morgan fingerprint density at radius 2 is 1.75 bits per heavy atom. The molecule has 6 heteroatoms. The van der Waals surface area contributed by atoms with Gasteiger partial charge >= 0.3 is 0 Å². The number of hydrogen-bond acceptors (Lipinski definition) is 4. The van der Waals surface area contributed by atoms with E-state index in [9.17, 15) is 13.5 Å². The van der Waals surface area contributed by atoms with Gasteiger partial charge in [0.1, 0.15) is 10.6 Å². The molecule has 0 bridgehead atoms. The number of aromatic hydroxyl groups is 1. The van der Waals surface area contributed by atoms with Crippen LogP contribution in [0.3, 0.4) is 0 Å². The van der Waals surface area contributed by atoms with Gasteiger partial charge in [0.25, 0.3) is 10.1 Å². The Hall–Kier alpha value is -1.79. The summed E-state index contributed by atoms with van der Waals surface area (Å²) in [6, 6.07) is 6.76. The number of phenols is 1. The minimum atomic E-state index is -4.33. The third-order valence-corrected chi connectivity index (χ3v) is 3.17. The van der Waals surface area contributed by atoms with Crippen LogP contribution >= 0.6 is 0 Å². The molecular weight excluding hydrogens is 230 g/mol. The lowest BCUT2D eigenvalue weighted by Gasteiger charge is -2.06. The first-order valence-electron chi connectivity index (χ1n) is 4.38. The average Bonchev–Trinajstić information content (AvgIpc) is 2.15. The standard InChI is InChI=1S/C10H9NO4S/c11-6-1-2-7-8(5-6)10(16(13,14)15)4-3-9(7)12/h1-5,12H,11H2,(H,13,14,15). The molecule has 2 rings (SSSR count). The molecule has 2 aromatic rings. The van der Waals surface area contributed by atoms with Gasteiger partial charge in [0.15, 0.2) is 0 Å². The third-order valence-electron chi connectivity index (χ3n) is 2.26. The molecule has 0 aromatic heterocycles. The Morgan fingerprint density at radius 3 is 2.38 bits per heavy atom. The summed E-state index contributed by atoms with van der Waals surface area (Å²) in [5.41, 5.74) is 5.88. The van der Waals surface area contributed by atoms with Gasteiger partial charge in [-0.25, -0.2) is 0 Å². The number of nitrogen functional groups attached to an aromatic ring is 1. The summed E-state index contributed by atoms with van der Waals surface area (Å²) >= 11 is 0. The lowest BCUT2D eigenvalue weighted by molar-refractivity contribution is 0.479. The minimum absolute atomic E-state index is 0.0672. The average molecular weight is 239 g/mol. The normalized spacial score (nSPS) is 11.8. The van der Waals surface area contributed by atoms with Gasteiger partial charge in [0, 0.05) is 16.5 Å². The molecule has 5 nitrogen and oxygen atoms in total. The predicted molar refractivity (Wildman–Crippen MR) is 59.8 cm³/mol. The second-order valence-electron chi connectivity index (χ2n) is 3.36. The molecule has 0 saturated heterocycles. The van der Waals surface area contributed by atoms with Gasteiger partial charge in [-0.3, -0.25) is 4.55 Å². The topological polar surface area (TPSA) is 101 Å². The molecule has 0 aliphatic carbocycles. The maximum atomic E-state index is 11.1. The summed E-state index contributed by atoms with van der Waals surface area (Å²) in [7, 11) is -4.33. The van der Waals surface area contributed by atoms with Crippen LogP contribution in [0.1, 0.15) is 0 Å². The second-order valence-corrected chi connectivity index (χ2v) is 4.75. The fraction of sp³-hybridized carbons (Fsp3) is 0. The van der Waals surface area contributed by atoms with E-state index in [2.05, 4.69) is 0 Å². The summed E-state index contributed by atoms with van der Waals surface area (Å²) in [6.07, 6.45) is 0. The Bertz CT molecular complexity index is 664. The number of benzene rings is 2. The van der Waals surface area contributed by atoms with Crippen LogP contribution in [-0.2, 0) is 10.1 Å². The van der Waals surface area contributed by atoms with Crippen LogP contribution in [-0.4, -0.2) is 18.1 Å². The molecule has 0 unspecified atom stereocenters. The number of anilines is 1. The van der Waals surface area contributed by atoms with E-state index in [1.165, 1.54) is 24.3 Å². The highest BCUT2D eigenvalue weighted by Crippen LogP contribution is 2.31. The van der Waals surface area contributed by atoms with Crippen molar-refractivity contribution in [2.75, 3.05) is 5.73 Å². The van der Waals surface area contributed by atoms with Crippen molar-refractivity contribution >= 4 is 26.6 Å². The Morgan fingerprint density at radius 1 is 1.06 bits per heavy atom. The van der Waals surface area contributed by atoms with Gasteiger partial charge in [-0.2, -0.15) is 8.42 Å². The van der Waals surface area contributed by atoms with Crippen molar-refractivity contribution < 1.29 is 18.1 Å². The van der Waals surface area contributed by atoms with Crippen LogP contribution in [0.2, 0.25) is 0 Å². The first-order valence-corrected chi connectivity index (χ1v) is 5.82. The van der Waals surface area contributed by atoms with Crippen LogP contribution in [0.15, 0.2) is 35.2 Å². The quantitative estimate of drug-likeness (QED) is 0.515. The summed E-state index contributed by atoms with van der Waals surface area (Å²) in [5, 5.41) is 10.1. The molecule has 0 radical (unpaired) electrons. The Kier molecular flexibility index (Phi) is 2.25. The molecule has 84 valence electrons. The fourth-order valence-corrected chi connectivity index (χ4v) is 2.24. The maximum Gasteiger partial charge on any atom is 0.295 e. The summed E-state index contributed by atoms with van der Waals surface area (Å²) in [5.74, 6) is -0.0672. The molecule has 4 N–H and O–H groups in total. The van der Waals surface area contributed by atoms with Crippen molar-refractivity contribution in [3.8, 4) is 5.75 Å². The van der Waals surface area contributed by atoms with Crippen LogP contribution in [0, 0.1) is 0 Å². The van der Waals surface area contributed by atoms with E-state index in [4.69, 9.17) is 10.3 Å². The molecule has 0 fully saturated rings. The third kappa shape index (κ3) is 1.68. The minimum Gasteiger partial charge on any atom is -0.507 e. The lowest BCUT2D eigenvalue weighted by atomic mass is 10.1. The number of rotatable bonds is 1. The number of fused-ring (bicyclic) bond motifs is 1. The van der Waals surface area contributed by atoms with E-state index < -0.39 is 10.1 Å². The fourth-order valence-electron chi connectivity index (χ4n) is 1.55.